The van der Waals surface area contributed by atoms with E-state index in [1.165, 1.54) is 28.7 Å². The number of carbonyl (C=O) groups excluding carboxylic acids is 1. The summed E-state index contributed by atoms with van der Waals surface area (Å²) in [6.07, 6.45) is 12.7. The number of benzene rings is 2. The van der Waals surface area contributed by atoms with Gasteiger partial charge in [-0.15, -0.1) is 0 Å². The van der Waals surface area contributed by atoms with Gasteiger partial charge in [0.2, 0.25) is 0 Å². The third kappa shape index (κ3) is 14.4. The number of allylic oxidation sites excluding steroid dienone is 3. The Morgan fingerprint density at radius 3 is 2.33 bits per heavy atom. The number of nitrogens with two attached hydrogens (primary N) is 1. The quantitative estimate of drug-likeness (QED) is 0.199. The van der Waals surface area contributed by atoms with Crippen LogP contribution in [-0.2, 0) is 6.42 Å². The van der Waals surface area contributed by atoms with E-state index >= 15 is 0 Å². The Labute approximate surface area is 298 Å². The molecule has 0 saturated carbocycles. The number of nitrogens with zero attached hydrogens (tertiary/aromatic N) is 2. The summed E-state index contributed by atoms with van der Waals surface area (Å²) < 4.78 is 5.99. The number of H-pyrrole nitrogens is 1. The SMILES string of the molecule is C/C=C(C)/C(C)=C/c1ccccc1C.CCC(C)CCOc1cc(C(=O)N2CCCC(N)C2)cc(C)c1C.CCC(C)Cc1ncc(C)[nH]1. The van der Waals surface area contributed by atoms with Gasteiger partial charge in [-0.3, -0.25) is 4.79 Å². The number of nitrogens with one attached hydrogen (secondary N) is 1. The van der Waals surface area contributed by atoms with E-state index in [-0.39, 0.29) is 11.9 Å². The number of amides is 1. The summed E-state index contributed by atoms with van der Waals surface area (Å²) in [4.78, 5) is 22.2. The van der Waals surface area contributed by atoms with Crippen molar-refractivity contribution in [2.75, 3.05) is 19.7 Å². The second-order valence-corrected chi connectivity index (χ2v) is 14.1. The zero-order valence-electron chi connectivity index (χ0n) is 32.6. The lowest BCUT2D eigenvalue weighted by molar-refractivity contribution is 0.0708. The Balaban J connectivity index is 0.000000282. The summed E-state index contributed by atoms with van der Waals surface area (Å²) >= 11 is 0. The van der Waals surface area contributed by atoms with Crippen molar-refractivity contribution in [3.63, 3.8) is 0 Å². The highest BCUT2D eigenvalue weighted by Gasteiger charge is 2.23. The van der Waals surface area contributed by atoms with Crippen LogP contribution in [0.25, 0.3) is 6.08 Å². The predicted molar refractivity (Wildman–Crippen MR) is 209 cm³/mol. The van der Waals surface area contributed by atoms with E-state index in [1.54, 1.807) is 0 Å². The molecule has 1 amide bonds. The molecule has 6 nitrogen and oxygen atoms in total. The van der Waals surface area contributed by atoms with Crippen LogP contribution < -0.4 is 10.5 Å². The standard InChI is InChI=1S/C20H32N2O2.C14H18.C9H16N2/c1-5-14(2)8-10-24-19-12-17(11-15(3)16(19)4)20(23)22-9-6-7-18(21)13-22;1-5-11(2)13(4)10-14-9-7-6-8-12(14)3;1-4-7(2)5-9-10-6-8(3)11-9/h11-12,14,18H,5-10,13,21H2,1-4H3;5-10H,1-4H3;6-7H,4-5H2,1-3H3,(H,10,11)/b;11-5+,13-10+;. The van der Waals surface area contributed by atoms with Gasteiger partial charge in [0.25, 0.3) is 5.91 Å². The van der Waals surface area contributed by atoms with Crippen molar-refractivity contribution in [3.8, 4) is 5.75 Å². The first-order chi connectivity index (χ1) is 23.3. The van der Waals surface area contributed by atoms with Crippen LogP contribution in [0.3, 0.4) is 0 Å². The average Bonchev–Trinajstić information content (AvgIpc) is 3.50. The fraction of sp³-hybridized carbons (Fsp3) is 0.535. The van der Waals surface area contributed by atoms with Crippen LogP contribution in [-0.4, -0.2) is 46.5 Å². The maximum Gasteiger partial charge on any atom is 0.254 e. The molecule has 1 aliphatic heterocycles. The van der Waals surface area contributed by atoms with E-state index in [4.69, 9.17) is 10.5 Å². The van der Waals surface area contributed by atoms with E-state index in [0.717, 1.165) is 73.0 Å². The predicted octanol–water partition coefficient (Wildman–Crippen LogP) is 10.4. The zero-order chi connectivity index (χ0) is 36.5. The van der Waals surface area contributed by atoms with Crippen LogP contribution in [0.15, 0.2) is 59.8 Å². The summed E-state index contributed by atoms with van der Waals surface area (Å²) in [7, 11) is 0. The largest absolute Gasteiger partial charge is 0.493 e. The van der Waals surface area contributed by atoms with Gasteiger partial charge in [-0.2, -0.15) is 0 Å². The highest BCUT2D eigenvalue weighted by Crippen LogP contribution is 2.26. The number of imidazole rings is 1. The van der Waals surface area contributed by atoms with Crippen molar-refractivity contribution >= 4 is 12.0 Å². The van der Waals surface area contributed by atoms with Crippen molar-refractivity contribution in [3.05, 3.63) is 99.2 Å². The van der Waals surface area contributed by atoms with Crippen molar-refractivity contribution in [2.24, 2.45) is 17.6 Å². The normalized spacial score (nSPS) is 16.2. The number of carbonyl (C=O) groups is 1. The lowest BCUT2D eigenvalue weighted by Gasteiger charge is -2.31. The molecule has 49 heavy (non-hydrogen) atoms. The summed E-state index contributed by atoms with van der Waals surface area (Å²) in [5.74, 6) is 3.42. The number of piperidine rings is 1. The summed E-state index contributed by atoms with van der Waals surface area (Å²) in [6.45, 7) is 25.7. The number of rotatable bonds is 11. The Kier molecular flexibility index (Phi) is 18.2. The van der Waals surface area contributed by atoms with Crippen LogP contribution in [0.1, 0.15) is 125 Å². The van der Waals surface area contributed by atoms with Crippen LogP contribution >= 0.6 is 0 Å². The van der Waals surface area contributed by atoms with E-state index in [2.05, 4.69) is 109 Å². The molecule has 0 bridgehead atoms. The molecule has 3 unspecified atom stereocenters. The first-order valence-corrected chi connectivity index (χ1v) is 18.5. The molecule has 3 atom stereocenters. The molecular formula is C43H66N4O2. The number of aromatic amines is 1. The molecule has 2 aromatic carbocycles. The molecule has 1 saturated heterocycles. The van der Waals surface area contributed by atoms with Gasteiger partial charge in [0, 0.05) is 43.0 Å². The monoisotopic (exact) mass is 671 g/mol. The van der Waals surface area contributed by atoms with Crippen molar-refractivity contribution in [1.29, 1.82) is 0 Å². The van der Waals surface area contributed by atoms with Gasteiger partial charge in [-0.1, -0.05) is 82.5 Å². The van der Waals surface area contributed by atoms with E-state index in [9.17, 15) is 4.79 Å². The van der Waals surface area contributed by atoms with Gasteiger partial charge in [-0.25, -0.2) is 4.98 Å². The second kappa shape index (κ2) is 21.4. The lowest BCUT2D eigenvalue weighted by atomic mass is 10.0. The maximum absolute atomic E-state index is 12.8. The summed E-state index contributed by atoms with van der Waals surface area (Å²) in [5, 5.41) is 0. The van der Waals surface area contributed by atoms with Gasteiger partial charge in [0.15, 0.2) is 0 Å². The Hall–Kier alpha value is -3.64. The van der Waals surface area contributed by atoms with Gasteiger partial charge in [0.1, 0.15) is 11.6 Å². The Morgan fingerprint density at radius 2 is 1.73 bits per heavy atom. The first kappa shape index (κ1) is 41.5. The van der Waals surface area contributed by atoms with Crippen molar-refractivity contribution in [2.45, 2.75) is 121 Å². The highest BCUT2D eigenvalue weighted by atomic mass is 16.5. The Morgan fingerprint density at radius 1 is 1.04 bits per heavy atom. The van der Waals surface area contributed by atoms with E-state index in [0.29, 0.717) is 24.6 Å². The molecule has 3 aromatic rings. The third-order valence-electron chi connectivity index (χ3n) is 9.79. The number of aryl methyl sites for hydroxylation is 3. The molecule has 1 fully saturated rings. The number of likely N-dealkylation sites (tertiary alicyclic amines) is 1. The summed E-state index contributed by atoms with van der Waals surface area (Å²) in [5.41, 5.74) is 15.4. The molecule has 1 aromatic heterocycles. The number of ether oxygens (including phenoxy) is 1. The molecule has 0 aliphatic carbocycles. The average molecular weight is 671 g/mol. The van der Waals surface area contributed by atoms with E-state index < -0.39 is 0 Å². The van der Waals surface area contributed by atoms with Gasteiger partial charge in [0.05, 0.1) is 6.61 Å². The van der Waals surface area contributed by atoms with Crippen molar-refractivity contribution < 1.29 is 9.53 Å². The zero-order valence-corrected chi connectivity index (χ0v) is 32.6. The number of hydrogen-bond acceptors (Lipinski definition) is 4. The highest BCUT2D eigenvalue weighted by molar-refractivity contribution is 5.95. The number of aromatic nitrogens is 2. The topological polar surface area (TPSA) is 84.2 Å². The van der Waals surface area contributed by atoms with Crippen LogP contribution in [0.2, 0.25) is 0 Å². The fourth-order valence-electron chi connectivity index (χ4n) is 5.42. The minimum atomic E-state index is 0.0695. The maximum atomic E-state index is 12.8. The third-order valence-corrected chi connectivity index (χ3v) is 9.79. The molecule has 270 valence electrons. The smallest absolute Gasteiger partial charge is 0.254 e. The van der Waals surface area contributed by atoms with Crippen LogP contribution in [0.4, 0.5) is 0 Å². The molecule has 4 rings (SSSR count). The van der Waals surface area contributed by atoms with Gasteiger partial charge in [-0.05, 0) is 120 Å². The molecular weight excluding hydrogens is 604 g/mol. The van der Waals surface area contributed by atoms with Crippen LogP contribution in [0.5, 0.6) is 5.75 Å². The molecule has 1 aliphatic rings. The minimum Gasteiger partial charge on any atom is -0.493 e. The second-order valence-electron chi connectivity index (χ2n) is 14.1. The molecule has 6 heteroatoms. The molecule has 0 spiro atoms. The minimum absolute atomic E-state index is 0.0695. The van der Waals surface area contributed by atoms with Gasteiger partial charge < -0.3 is 20.4 Å². The molecule has 2 heterocycles. The van der Waals surface area contributed by atoms with Crippen molar-refractivity contribution in [1.82, 2.24) is 14.9 Å². The fourth-order valence-corrected chi connectivity index (χ4v) is 5.42. The lowest BCUT2D eigenvalue weighted by Crippen LogP contribution is -2.45. The number of hydrogen-bond donors (Lipinski definition) is 2. The van der Waals surface area contributed by atoms with E-state index in [1.807, 2.05) is 37.1 Å². The van der Waals surface area contributed by atoms with Crippen LogP contribution in [0, 0.1) is 39.5 Å². The first-order valence-electron chi connectivity index (χ1n) is 18.5. The Bertz CT molecular complexity index is 1500. The van der Waals surface area contributed by atoms with Gasteiger partial charge >= 0.3 is 0 Å². The molecule has 3 N–H and O–H groups in total. The summed E-state index contributed by atoms with van der Waals surface area (Å²) in [6, 6.07) is 12.4. The molecule has 0 radical (unpaired) electrons.